The average Bonchev–Trinajstić information content (AvgIpc) is 3.56. The lowest BCUT2D eigenvalue weighted by Gasteiger charge is -2.49. The van der Waals surface area contributed by atoms with Crippen LogP contribution < -0.4 is 10.6 Å². The van der Waals surface area contributed by atoms with E-state index in [1.807, 2.05) is 0 Å². The molecule has 3 N–H and O–H groups in total. The number of allylic oxidation sites excluding steroid dienone is 1. The number of hydrogen-bond donors (Lipinski definition) is 3. The molecule has 2 aromatic heterocycles. The summed E-state index contributed by atoms with van der Waals surface area (Å²) in [5.74, 6) is -1.54. The number of carboxylic acids is 1. The van der Waals surface area contributed by atoms with Crippen LogP contribution in [0.4, 0.5) is 9.93 Å². The van der Waals surface area contributed by atoms with E-state index in [1.54, 1.807) is 39.3 Å². The number of hydrogen-bond acceptors (Lipinski definition) is 12. The molecule has 17 heteroatoms. The number of unbranched alkanes of at least 4 members (excludes halogenated alkanes) is 3. The van der Waals surface area contributed by atoms with Crippen molar-refractivity contribution < 1.29 is 29.0 Å². The van der Waals surface area contributed by atoms with Crippen molar-refractivity contribution in [1.82, 2.24) is 35.4 Å². The van der Waals surface area contributed by atoms with Gasteiger partial charge in [-0.3, -0.25) is 19.8 Å². The normalized spacial score (nSPS) is 18.7. The summed E-state index contributed by atoms with van der Waals surface area (Å²) in [5.41, 5.74) is 0.449. The highest BCUT2D eigenvalue weighted by atomic mass is 32.2. The molecule has 43 heavy (non-hydrogen) atoms. The zero-order chi connectivity index (χ0) is 31.3. The van der Waals surface area contributed by atoms with E-state index >= 15 is 0 Å². The topological polar surface area (TPSA) is 182 Å². The molecule has 0 spiro atoms. The molecular formula is C26H34N8O6S3. The monoisotopic (exact) mass is 650 g/mol. The van der Waals surface area contributed by atoms with Crippen molar-refractivity contribution in [2.24, 2.45) is 7.05 Å². The Bertz CT molecular complexity index is 1450. The van der Waals surface area contributed by atoms with Crippen molar-refractivity contribution in [2.75, 3.05) is 16.8 Å². The number of rotatable bonds is 12. The van der Waals surface area contributed by atoms with Crippen molar-refractivity contribution in [2.45, 2.75) is 75.6 Å². The summed E-state index contributed by atoms with van der Waals surface area (Å²) >= 11 is 3.82. The lowest BCUT2D eigenvalue weighted by atomic mass is 10.0. The van der Waals surface area contributed by atoms with Crippen molar-refractivity contribution >= 4 is 69.4 Å². The molecule has 2 atom stereocenters. The number of fused-ring (bicyclic) bond motifs is 1. The van der Waals surface area contributed by atoms with Crippen LogP contribution in [0.25, 0.3) is 5.57 Å². The summed E-state index contributed by atoms with van der Waals surface area (Å²) in [6, 6.07) is -0.902. The number of tetrazole rings is 1. The number of amides is 3. The first-order valence-corrected chi connectivity index (χ1v) is 16.5. The molecule has 2 aliphatic heterocycles. The molecule has 0 bridgehead atoms. The number of anilines is 1. The highest BCUT2D eigenvalue weighted by molar-refractivity contribution is 8.01. The molecule has 2 aliphatic rings. The van der Waals surface area contributed by atoms with Crippen molar-refractivity contribution in [1.29, 1.82) is 0 Å². The molecule has 1 unspecified atom stereocenters. The average molecular weight is 651 g/mol. The highest BCUT2D eigenvalue weighted by Gasteiger charge is 2.54. The maximum atomic E-state index is 13.5. The summed E-state index contributed by atoms with van der Waals surface area (Å²) in [6.45, 7) is 7.34. The molecule has 14 nitrogen and oxygen atoms in total. The minimum Gasteiger partial charge on any atom is -0.477 e. The van der Waals surface area contributed by atoms with E-state index in [4.69, 9.17) is 4.74 Å². The van der Waals surface area contributed by atoms with Crippen LogP contribution in [-0.2, 0) is 26.2 Å². The number of carbonyl (C=O) groups excluding carboxylic acids is 3. The van der Waals surface area contributed by atoms with Crippen molar-refractivity contribution in [3.8, 4) is 0 Å². The van der Waals surface area contributed by atoms with Gasteiger partial charge in [0, 0.05) is 23.9 Å². The fourth-order valence-electron chi connectivity index (χ4n) is 4.31. The van der Waals surface area contributed by atoms with Crippen LogP contribution in [0.5, 0.6) is 0 Å². The van der Waals surface area contributed by atoms with Gasteiger partial charge in [-0.05, 0) is 49.6 Å². The number of aromatic nitrogens is 5. The standard InChI is InChI=1S/C26H34N8O6S3/c1-6-7-8-9-10-15(16-13-42-23(27-16)29-25(39)40-26(2,3)4)19(35)28-17-20(36)34-18(22(37)38)14(11-41-21(17)34)12-43-24-30-31-32-33(24)5/h10,13,17,21H,6-9,11-12H2,1-5H3,(H,28,35)(H,37,38)(H,27,29,39)/t17?,21-/m0/s1. The maximum Gasteiger partial charge on any atom is 0.413 e. The zero-order valence-corrected chi connectivity index (χ0v) is 26.9. The van der Waals surface area contributed by atoms with E-state index in [1.165, 1.54) is 33.1 Å². The minimum atomic E-state index is -1.21. The number of nitrogens with one attached hydrogen (secondary N) is 2. The number of carbonyl (C=O) groups is 4. The second-order valence-electron chi connectivity index (χ2n) is 10.8. The minimum absolute atomic E-state index is 0.0745. The predicted octanol–water partition coefficient (Wildman–Crippen LogP) is 3.51. The number of aliphatic carboxylic acids is 1. The lowest BCUT2D eigenvalue weighted by molar-refractivity contribution is -0.150. The van der Waals surface area contributed by atoms with Crippen LogP contribution in [-0.4, -0.2) is 87.6 Å². The van der Waals surface area contributed by atoms with Crippen LogP contribution in [0.2, 0.25) is 0 Å². The quantitative estimate of drug-likeness (QED) is 0.132. The Kier molecular flexibility index (Phi) is 10.5. The molecule has 0 aliphatic carbocycles. The highest BCUT2D eigenvalue weighted by Crippen LogP contribution is 2.41. The summed E-state index contributed by atoms with van der Waals surface area (Å²) < 4.78 is 6.76. The van der Waals surface area contributed by atoms with Crippen LogP contribution >= 0.6 is 34.9 Å². The maximum absolute atomic E-state index is 13.5. The van der Waals surface area contributed by atoms with Gasteiger partial charge < -0.3 is 15.2 Å². The molecule has 0 aromatic carbocycles. The summed E-state index contributed by atoms with van der Waals surface area (Å²) in [4.78, 5) is 56.9. The number of ether oxygens (including phenoxy) is 1. The van der Waals surface area contributed by atoms with Gasteiger partial charge >= 0.3 is 12.1 Å². The largest absolute Gasteiger partial charge is 0.477 e. The third-order valence-electron chi connectivity index (χ3n) is 6.28. The molecule has 1 fully saturated rings. The smallest absolute Gasteiger partial charge is 0.413 e. The number of nitrogens with zero attached hydrogens (tertiary/aromatic N) is 6. The van der Waals surface area contributed by atoms with Crippen LogP contribution in [0, 0.1) is 0 Å². The van der Waals surface area contributed by atoms with E-state index in [2.05, 4.69) is 38.1 Å². The fraction of sp³-hybridized carbons (Fsp3) is 0.538. The Morgan fingerprint density at radius 1 is 1.28 bits per heavy atom. The molecule has 3 amide bonds. The van der Waals surface area contributed by atoms with Gasteiger partial charge in [-0.15, -0.1) is 28.2 Å². The molecule has 232 valence electrons. The van der Waals surface area contributed by atoms with E-state index in [-0.39, 0.29) is 16.4 Å². The van der Waals surface area contributed by atoms with Crippen LogP contribution in [0.15, 0.2) is 27.9 Å². The van der Waals surface area contributed by atoms with Crippen LogP contribution in [0.3, 0.4) is 0 Å². The Morgan fingerprint density at radius 3 is 2.70 bits per heavy atom. The zero-order valence-electron chi connectivity index (χ0n) is 24.4. The third-order valence-corrected chi connectivity index (χ3v) is 9.48. The Balaban J connectivity index is 1.47. The van der Waals surface area contributed by atoms with Gasteiger partial charge in [0.1, 0.15) is 22.7 Å². The second-order valence-corrected chi connectivity index (χ2v) is 13.7. The first-order valence-electron chi connectivity index (χ1n) is 13.6. The van der Waals surface area contributed by atoms with E-state index in [0.717, 1.165) is 30.6 Å². The van der Waals surface area contributed by atoms with Crippen LogP contribution in [0.1, 0.15) is 59.1 Å². The molecule has 2 aromatic rings. The molecule has 1 saturated heterocycles. The SMILES string of the molecule is CCCCCC=C(C(=O)NC1C(=O)N2C(C(=O)O)=C(CSc3nnnn3C)CS[C@@H]12)c1csc(NC(=O)OC(C)(C)C)n1. The number of thioether (sulfide) groups is 2. The van der Waals surface area contributed by atoms with E-state index < -0.39 is 40.9 Å². The van der Waals surface area contributed by atoms with Gasteiger partial charge in [-0.25, -0.2) is 19.3 Å². The second kappa shape index (κ2) is 13.9. The van der Waals surface area contributed by atoms with Gasteiger partial charge in [-0.2, -0.15) is 0 Å². The first kappa shape index (κ1) is 32.5. The van der Waals surface area contributed by atoms with E-state index in [0.29, 0.717) is 34.3 Å². The van der Waals surface area contributed by atoms with E-state index in [9.17, 15) is 24.3 Å². The van der Waals surface area contributed by atoms with Gasteiger partial charge in [0.2, 0.25) is 5.16 Å². The Morgan fingerprint density at radius 2 is 2.05 bits per heavy atom. The van der Waals surface area contributed by atoms with Crippen molar-refractivity contribution in [3.05, 3.63) is 28.4 Å². The number of carboxylic acid groups (broad SMARTS) is 1. The number of β-lactam (4-membered cyclic amide) rings is 1. The summed E-state index contributed by atoms with van der Waals surface area (Å²) in [6.07, 6.45) is 4.62. The number of aryl methyl sites for hydroxylation is 1. The molecule has 0 radical (unpaired) electrons. The molecule has 4 heterocycles. The Hall–Kier alpha value is -3.44. The summed E-state index contributed by atoms with van der Waals surface area (Å²) in [7, 11) is 1.68. The van der Waals surface area contributed by atoms with Gasteiger partial charge in [0.25, 0.3) is 11.8 Å². The van der Waals surface area contributed by atoms with Crippen molar-refractivity contribution in [3.63, 3.8) is 0 Å². The third kappa shape index (κ3) is 7.94. The lowest BCUT2D eigenvalue weighted by Crippen LogP contribution is -2.70. The van der Waals surface area contributed by atoms with Gasteiger partial charge in [0.15, 0.2) is 5.13 Å². The van der Waals surface area contributed by atoms with Gasteiger partial charge in [-0.1, -0.05) is 37.6 Å². The number of thiazole rings is 1. The molecule has 0 saturated carbocycles. The Labute approximate surface area is 261 Å². The first-order chi connectivity index (χ1) is 20.4. The predicted molar refractivity (Wildman–Crippen MR) is 163 cm³/mol. The molecule has 4 rings (SSSR count). The molecular weight excluding hydrogens is 617 g/mol. The summed E-state index contributed by atoms with van der Waals surface area (Å²) in [5, 5.41) is 28.5. The fourth-order valence-corrected chi connectivity index (χ4v) is 7.34. The van der Waals surface area contributed by atoms with Gasteiger partial charge in [0.05, 0.1) is 11.3 Å².